The van der Waals surface area contributed by atoms with E-state index in [1.807, 2.05) is 4.90 Å². The minimum absolute atomic E-state index is 0.137. The molecule has 7 nitrogen and oxygen atoms in total. The van der Waals surface area contributed by atoms with Crippen LogP contribution in [0, 0.1) is 18.3 Å². The van der Waals surface area contributed by atoms with Crippen molar-refractivity contribution in [1.29, 1.82) is 0 Å². The molecule has 1 saturated carbocycles. The zero-order chi connectivity index (χ0) is 17.4. The predicted molar refractivity (Wildman–Crippen MR) is 92.3 cm³/mol. The van der Waals surface area contributed by atoms with Crippen molar-refractivity contribution in [3.05, 3.63) is 5.89 Å². The summed E-state index contributed by atoms with van der Waals surface area (Å²) in [4.78, 5) is 16.4. The molecule has 2 saturated heterocycles. The molecule has 0 aromatic carbocycles. The van der Waals surface area contributed by atoms with Gasteiger partial charge in [0.25, 0.3) is 0 Å². The minimum Gasteiger partial charge on any atom is -0.408 e. The van der Waals surface area contributed by atoms with Crippen LogP contribution in [0.3, 0.4) is 0 Å². The molecule has 1 aromatic rings. The number of anilines is 1. The molecule has 25 heavy (non-hydrogen) atoms. The average molecular weight is 348 g/mol. The van der Waals surface area contributed by atoms with Gasteiger partial charge in [0.2, 0.25) is 11.8 Å². The number of nitrogens with zero attached hydrogens (tertiary/aromatic N) is 4. The third-order valence-corrected chi connectivity index (χ3v) is 6.03. The van der Waals surface area contributed by atoms with Crippen LogP contribution in [0.15, 0.2) is 4.42 Å². The van der Waals surface area contributed by atoms with Gasteiger partial charge in [0.1, 0.15) is 6.61 Å². The van der Waals surface area contributed by atoms with Crippen LogP contribution in [0.5, 0.6) is 0 Å². The number of amides is 1. The molecule has 2 atom stereocenters. The second kappa shape index (κ2) is 6.59. The van der Waals surface area contributed by atoms with E-state index in [1.54, 1.807) is 6.92 Å². The Morgan fingerprint density at radius 2 is 2.00 bits per heavy atom. The van der Waals surface area contributed by atoms with Crippen molar-refractivity contribution in [3.8, 4) is 0 Å². The highest BCUT2D eigenvalue weighted by molar-refractivity contribution is 5.78. The normalized spacial score (nSPS) is 27.9. The summed E-state index contributed by atoms with van der Waals surface area (Å²) in [6, 6.07) is 0.596. The smallest absolute Gasteiger partial charge is 0.318 e. The number of hydrogen-bond acceptors (Lipinski definition) is 6. The molecule has 2 aliphatic heterocycles. The Bertz CT molecular complexity index is 618. The number of ether oxygens (including phenoxy) is 1. The summed E-state index contributed by atoms with van der Waals surface area (Å²) in [5, 5.41) is 7.92. The topological polar surface area (TPSA) is 71.7 Å². The van der Waals surface area contributed by atoms with Gasteiger partial charge in [-0.05, 0) is 18.8 Å². The van der Waals surface area contributed by atoms with E-state index < -0.39 is 0 Å². The van der Waals surface area contributed by atoms with Crippen LogP contribution in [-0.2, 0) is 9.53 Å². The highest BCUT2D eigenvalue weighted by atomic mass is 16.5. The van der Waals surface area contributed by atoms with E-state index in [1.165, 1.54) is 19.3 Å². The number of aromatic nitrogens is 2. The molecule has 0 bridgehead atoms. The Labute approximate surface area is 148 Å². The molecule has 4 rings (SSSR count). The van der Waals surface area contributed by atoms with Crippen LogP contribution in [-0.4, -0.2) is 59.9 Å². The number of rotatable bonds is 5. The maximum atomic E-state index is 12.4. The van der Waals surface area contributed by atoms with Gasteiger partial charge in [-0.25, -0.2) is 0 Å². The Hall–Kier alpha value is -1.63. The van der Waals surface area contributed by atoms with Gasteiger partial charge >= 0.3 is 6.01 Å². The Morgan fingerprint density at radius 3 is 2.68 bits per heavy atom. The molecule has 2 unspecified atom stereocenters. The highest BCUT2D eigenvalue weighted by Crippen LogP contribution is 2.41. The van der Waals surface area contributed by atoms with Crippen LogP contribution in [0.25, 0.3) is 0 Å². The van der Waals surface area contributed by atoms with Crippen LogP contribution in [0.1, 0.15) is 44.9 Å². The molecule has 1 aliphatic carbocycles. The summed E-state index contributed by atoms with van der Waals surface area (Å²) < 4.78 is 11.4. The van der Waals surface area contributed by atoms with Crippen molar-refractivity contribution in [2.45, 2.75) is 52.1 Å². The molecule has 3 aliphatic rings. The van der Waals surface area contributed by atoms with Gasteiger partial charge in [0, 0.05) is 38.5 Å². The third-order valence-electron chi connectivity index (χ3n) is 6.03. The van der Waals surface area contributed by atoms with Crippen LogP contribution < -0.4 is 4.90 Å². The molecule has 0 radical (unpaired) electrons. The lowest BCUT2D eigenvalue weighted by Crippen LogP contribution is -2.73. The summed E-state index contributed by atoms with van der Waals surface area (Å²) in [6.07, 6.45) is 6.31. The quantitative estimate of drug-likeness (QED) is 0.811. The van der Waals surface area contributed by atoms with Gasteiger partial charge in [-0.3, -0.25) is 4.79 Å². The fourth-order valence-electron chi connectivity index (χ4n) is 4.58. The van der Waals surface area contributed by atoms with E-state index in [4.69, 9.17) is 9.15 Å². The average Bonchev–Trinajstić information content (AvgIpc) is 2.96. The van der Waals surface area contributed by atoms with E-state index in [2.05, 4.69) is 22.0 Å². The Balaban J connectivity index is 1.20. The SMILES string of the molecule is CCC1CCCCC1OCC(=O)N1CC2(C1)CN(c1nnc(C)o1)C2. The van der Waals surface area contributed by atoms with Crippen molar-refractivity contribution in [1.82, 2.24) is 15.1 Å². The summed E-state index contributed by atoms with van der Waals surface area (Å²) in [5.41, 5.74) is 0.217. The van der Waals surface area contributed by atoms with Crippen LogP contribution in [0.4, 0.5) is 6.01 Å². The standard InChI is InChI=1S/C18H28N4O3/c1-3-14-6-4-5-7-15(14)24-8-16(23)21-9-18(10-21)11-22(12-18)17-20-19-13(2)25-17/h14-15H,3-12H2,1-2H3. The van der Waals surface area contributed by atoms with Gasteiger partial charge in [0.15, 0.2) is 0 Å². The molecule has 138 valence electrons. The number of likely N-dealkylation sites (tertiary alicyclic amines) is 1. The van der Waals surface area contributed by atoms with Gasteiger partial charge in [-0.2, -0.15) is 0 Å². The Morgan fingerprint density at radius 1 is 1.24 bits per heavy atom. The van der Waals surface area contributed by atoms with Crippen LogP contribution in [0.2, 0.25) is 0 Å². The Kier molecular flexibility index (Phi) is 4.43. The number of carbonyl (C=O) groups is 1. The van der Waals surface area contributed by atoms with Crippen molar-refractivity contribution in [2.24, 2.45) is 11.3 Å². The van der Waals surface area contributed by atoms with Crippen molar-refractivity contribution in [3.63, 3.8) is 0 Å². The molecule has 3 fully saturated rings. The van der Waals surface area contributed by atoms with Gasteiger partial charge < -0.3 is 19.0 Å². The number of aryl methyl sites for hydroxylation is 1. The van der Waals surface area contributed by atoms with E-state index in [0.29, 0.717) is 17.8 Å². The van der Waals surface area contributed by atoms with Gasteiger partial charge in [-0.1, -0.05) is 31.3 Å². The molecule has 1 spiro atoms. The molecule has 7 heteroatoms. The summed E-state index contributed by atoms with van der Waals surface area (Å²) in [6.45, 7) is 7.68. The molecule has 3 heterocycles. The zero-order valence-electron chi connectivity index (χ0n) is 15.2. The lowest BCUT2D eigenvalue weighted by molar-refractivity contribution is -0.154. The summed E-state index contributed by atoms with van der Waals surface area (Å²) in [7, 11) is 0. The second-order valence-corrected chi connectivity index (χ2v) is 8.01. The van der Waals surface area contributed by atoms with E-state index in [-0.39, 0.29) is 24.0 Å². The van der Waals surface area contributed by atoms with E-state index in [0.717, 1.165) is 39.0 Å². The first kappa shape index (κ1) is 16.8. The molecule has 0 N–H and O–H groups in total. The lowest BCUT2D eigenvalue weighted by Gasteiger charge is -2.59. The van der Waals surface area contributed by atoms with Crippen molar-refractivity contribution in [2.75, 3.05) is 37.7 Å². The first-order valence-electron chi connectivity index (χ1n) is 9.53. The largest absolute Gasteiger partial charge is 0.408 e. The number of hydrogen-bond donors (Lipinski definition) is 0. The lowest BCUT2D eigenvalue weighted by atomic mass is 9.73. The van der Waals surface area contributed by atoms with Crippen LogP contribution >= 0.6 is 0 Å². The van der Waals surface area contributed by atoms with Crippen molar-refractivity contribution < 1.29 is 13.9 Å². The summed E-state index contributed by atoms with van der Waals surface area (Å²) >= 11 is 0. The maximum Gasteiger partial charge on any atom is 0.318 e. The highest BCUT2D eigenvalue weighted by Gasteiger charge is 2.54. The van der Waals surface area contributed by atoms with Crippen molar-refractivity contribution >= 4 is 11.9 Å². The summed E-state index contributed by atoms with van der Waals surface area (Å²) in [5.74, 6) is 1.35. The molecular weight excluding hydrogens is 320 g/mol. The van der Waals surface area contributed by atoms with Gasteiger partial charge in [0.05, 0.1) is 6.10 Å². The third kappa shape index (κ3) is 3.26. The molecular formula is C18H28N4O3. The van der Waals surface area contributed by atoms with E-state index >= 15 is 0 Å². The molecule has 1 aromatic heterocycles. The minimum atomic E-state index is 0.137. The first-order chi connectivity index (χ1) is 12.1. The predicted octanol–water partition coefficient (Wildman–Crippen LogP) is 2.01. The fraction of sp³-hybridized carbons (Fsp3) is 0.833. The van der Waals surface area contributed by atoms with Gasteiger partial charge in [-0.15, -0.1) is 5.10 Å². The zero-order valence-corrected chi connectivity index (χ0v) is 15.2. The second-order valence-electron chi connectivity index (χ2n) is 8.01. The van der Waals surface area contributed by atoms with E-state index in [9.17, 15) is 4.79 Å². The number of carbonyl (C=O) groups excluding carboxylic acids is 1. The fourth-order valence-corrected chi connectivity index (χ4v) is 4.58. The maximum absolute atomic E-state index is 12.4. The first-order valence-corrected chi connectivity index (χ1v) is 9.53. The molecule has 1 amide bonds. The monoisotopic (exact) mass is 348 g/mol.